The summed E-state index contributed by atoms with van der Waals surface area (Å²) >= 11 is 1.83. The zero-order chi connectivity index (χ0) is 20.7. The molecule has 0 spiro atoms. The van der Waals surface area contributed by atoms with Crippen LogP contribution in [0.1, 0.15) is 47.2 Å². The summed E-state index contributed by atoms with van der Waals surface area (Å²) in [7, 11) is 0. The summed E-state index contributed by atoms with van der Waals surface area (Å²) in [6.45, 7) is 2.23. The van der Waals surface area contributed by atoms with E-state index in [4.69, 9.17) is 4.99 Å². The van der Waals surface area contributed by atoms with Gasteiger partial charge in [0.1, 0.15) is 12.1 Å². The predicted molar refractivity (Wildman–Crippen MR) is 118 cm³/mol. The van der Waals surface area contributed by atoms with Crippen LogP contribution in [0.25, 0.3) is 5.69 Å². The minimum atomic E-state index is -0.918. The Labute approximate surface area is 179 Å². The molecule has 152 valence electrons. The Morgan fingerprint density at radius 2 is 2.00 bits per heavy atom. The maximum absolute atomic E-state index is 11.2. The summed E-state index contributed by atoms with van der Waals surface area (Å²) in [6, 6.07) is 17.6. The van der Waals surface area contributed by atoms with Crippen LogP contribution in [0.4, 0.5) is 0 Å². The number of thioether (sulfide) groups is 1. The van der Waals surface area contributed by atoms with Gasteiger partial charge in [0.05, 0.1) is 11.3 Å². The minimum absolute atomic E-state index is 0.0454. The van der Waals surface area contributed by atoms with Crippen LogP contribution in [0.2, 0.25) is 0 Å². The summed E-state index contributed by atoms with van der Waals surface area (Å²) < 4.78 is 2.14. The van der Waals surface area contributed by atoms with Gasteiger partial charge < -0.3 is 14.6 Å². The topological polar surface area (TPSA) is 70.7 Å². The Kier molecular flexibility index (Phi) is 4.83. The second-order valence-corrected chi connectivity index (χ2v) is 8.48. The van der Waals surface area contributed by atoms with Gasteiger partial charge in [0, 0.05) is 35.6 Å². The number of fused-ring (bicyclic) bond motifs is 1. The average Bonchev–Trinajstić information content (AvgIpc) is 3.49. The van der Waals surface area contributed by atoms with E-state index in [9.17, 15) is 9.90 Å². The molecule has 3 aromatic rings. The van der Waals surface area contributed by atoms with E-state index in [1.807, 2.05) is 60.6 Å². The maximum Gasteiger partial charge on any atom is 0.335 e. The minimum Gasteiger partial charge on any atom is -0.478 e. The molecule has 0 radical (unpaired) electrons. The monoisotopic (exact) mass is 418 g/mol. The van der Waals surface area contributed by atoms with Crippen molar-refractivity contribution in [2.75, 3.05) is 5.75 Å². The number of aliphatic imine (C=N–C) groups is 1. The van der Waals surface area contributed by atoms with Crippen molar-refractivity contribution in [3.05, 3.63) is 83.9 Å². The Morgan fingerprint density at radius 3 is 2.70 bits per heavy atom. The number of nitrogens with zero attached hydrogens (tertiary/aromatic N) is 4. The highest BCUT2D eigenvalue weighted by Crippen LogP contribution is 2.48. The summed E-state index contributed by atoms with van der Waals surface area (Å²) in [4.78, 5) is 23.4. The number of amidine groups is 1. The lowest BCUT2D eigenvalue weighted by Crippen LogP contribution is -2.36. The number of rotatable bonds is 5. The summed E-state index contributed by atoms with van der Waals surface area (Å²) in [6.07, 6.45) is 4.92. The van der Waals surface area contributed by atoms with Crippen LogP contribution in [0, 0.1) is 0 Å². The highest BCUT2D eigenvalue weighted by molar-refractivity contribution is 8.14. The molecule has 0 unspecified atom stereocenters. The second kappa shape index (κ2) is 7.65. The van der Waals surface area contributed by atoms with E-state index in [0.717, 1.165) is 34.4 Å². The fourth-order valence-electron chi connectivity index (χ4n) is 4.31. The first-order valence-electron chi connectivity index (χ1n) is 10.1. The van der Waals surface area contributed by atoms with E-state index in [-0.39, 0.29) is 17.6 Å². The number of carboxylic acids is 1. The molecule has 30 heavy (non-hydrogen) atoms. The van der Waals surface area contributed by atoms with Crippen LogP contribution in [-0.2, 0) is 0 Å². The molecule has 5 rings (SSSR count). The van der Waals surface area contributed by atoms with Crippen molar-refractivity contribution < 1.29 is 9.90 Å². The van der Waals surface area contributed by atoms with Crippen molar-refractivity contribution >= 4 is 22.9 Å². The predicted octanol–water partition coefficient (Wildman–Crippen LogP) is 4.55. The third-order valence-corrected chi connectivity index (χ3v) is 6.93. The number of aromatic nitrogens is 2. The molecule has 4 heterocycles. The number of carboxylic acid groups (broad SMARTS) is 1. The number of benzene rings is 1. The van der Waals surface area contributed by atoms with Crippen molar-refractivity contribution in [2.24, 2.45) is 4.99 Å². The molecule has 3 atom stereocenters. The molecular formula is C23H22N4O2S. The maximum atomic E-state index is 11.2. The molecule has 0 amide bonds. The van der Waals surface area contributed by atoms with Crippen molar-refractivity contribution in [1.29, 1.82) is 0 Å². The Morgan fingerprint density at radius 1 is 1.17 bits per heavy atom. The first kappa shape index (κ1) is 18.9. The van der Waals surface area contributed by atoms with Crippen LogP contribution >= 0.6 is 11.8 Å². The van der Waals surface area contributed by atoms with E-state index in [2.05, 4.69) is 27.4 Å². The van der Waals surface area contributed by atoms with Crippen molar-refractivity contribution in [1.82, 2.24) is 14.5 Å². The summed E-state index contributed by atoms with van der Waals surface area (Å²) in [5.41, 5.74) is 3.32. The number of aromatic carboxylic acids is 1. The van der Waals surface area contributed by atoms with E-state index in [0.29, 0.717) is 6.04 Å². The first-order valence-corrected chi connectivity index (χ1v) is 11.1. The molecular weight excluding hydrogens is 396 g/mol. The fraction of sp³-hybridized carbons (Fsp3) is 0.261. The fourth-order valence-corrected chi connectivity index (χ4v) is 5.64. The molecule has 0 bridgehead atoms. The van der Waals surface area contributed by atoms with Gasteiger partial charge in [0.15, 0.2) is 5.17 Å². The number of hydrogen-bond donors (Lipinski definition) is 1. The van der Waals surface area contributed by atoms with Crippen molar-refractivity contribution in [2.45, 2.75) is 31.5 Å². The van der Waals surface area contributed by atoms with Crippen LogP contribution < -0.4 is 0 Å². The normalized spacial score (nSPS) is 22.8. The molecule has 0 saturated carbocycles. The van der Waals surface area contributed by atoms with Crippen LogP contribution in [0.5, 0.6) is 0 Å². The molecule has 2 aliphatic rings. The van der Waals surface area contributed by atoms with Gasteiger partial charge in [-0.2, -0.15) is 0 Å². The van der Waals surface area contributed by atoms with Crippen LogP contribution in [0.15, 0.2) is 72.0 Å². The Hall–Kier alpha value is -3.06. The third kappa shape index (κ3) is 3.10. The Balaban J connectivity index is 1.59. The molecule has 7 heteroatoms. The van der Waals surface area contributed by atoms with E-state index < -0.39 is 5.97 Å². The smallest absolute Gasteiger partial charge is 0.335 e. The van der Waals surface area contributed by atoms with Gasteiger partial charge in [0.25, 0.3) is 0 Å². The van der Waals surface area contributed by atoms with Crippen LogP contribution in [-0.4, -0.2) is 42.5 Å². The molecule has 1 saturated heterocycles. The molecule has 0 aliphatic carbocycles. The van der Waals surface area contributed by atoms with Gasteiger partial charge in [-0.25, -0.2) is 4.79 Å². The lowest BCUT2D eigenvalue weighted by Gasteiger charge is -2.32. The quantitative estimate of drug-likeness (QED) is 0.658. The summed E-state index contributed by atoms with van der Waals surface area (Å²) in [5.74, 6) is 0.132. The highest BCUT2D eigenvalue weighted by Gasteiger charge is 2.46. The van der Waals surface area contributed by atoms with Crippen LogP contribution in [0.3, 0.4) is 0 Å². The Bertz CT molecular complexity index is 1090. The zero-order valence-corrected chi connectivity index (χ0v) is 17.4. The first-order chi connectivity index (χ1) is 14.7. The summed E-state index contributed by atoms with van der Waals surface area (Å²) in [5, 5.41) is 10.3. The molecule has 6 nitrogen and oxygen atoms in total. The van der Waals surface area contributed by atoms with Gasteiger partial charge in [-0.1, -0.05) is 24.8 Å². The van der Waals surface area contributed by atoms with Gasteiger partial charge >= 0.3 is 5.97 Å². The van der Waals surface area contributed by atoms with Crippen molar-refractivity contribution in [3.63, 3.8) is 0 Å². The van der Waals surface area contributed by atoms with Gasteiger partial charge in [-0.05, 0) is 55.0 Å². The molecule has 1 aromatic carbocycles. The molecule has 2 aliphatic heterocycles. The molecule has 1 N–H and O–H groups in total. The number of pyridine rings is 1. The van der Waals surface area contributed by atoms with Gasteiger partial charge in [-0.15, -0.1) is 0 Å². The highest BCUT2D eigenvalue weighted by atomic mass is 32.2. The molecule has 1 fully saturated rings. The zero-order valence-electron chi connectivity index (χ0n) is 16.5. The van der Waals surface area contributed by atoms with E-state index in [1.54, 1.807) is 12.1 Å². The lowest BCUT2D eigenvalue weighted by molar-refractivity contribution is 0.0697. The second-order valence-electron chi connectivity index (χ2n) is 7.49. The number of carbonyl (C=O) groups is 1. The largest absolute Gasteiger partial charge is 0.478 e. The average molecular weight is 419 g/mol. The van der Waals surface area contributed by atoms with E-state index >= 15 is 0 Å². The van der Waals surface area contributed by atoms with E-state index in [1.165, 1.54) is 0 Å². The lowest BCUT2D eigenvalue weighted by atomic mass is 9.99. The SMILES string of the molecule is CC[C@@H]1CSC2=N[C@@H](c3ccccn3)[C@H](c3cccn3-c3ccc(C(=O)O)cc3)N21. The van der Waals surface area contributed by atoms with Crippen molar-refractivity contribution in [3.8, 4) is 5.69 Å². The third-order valence-electron chi connectivity index (χ3n) is 5.81. The van der Waals surface area contributed by atoms with Gasteiger partial charge in [0.2, 0.25) is 0 Å². The standard InChI is InChI=1S/C23H22N4O2S/c1-2-16-14-30-23-25-20(18-6-3-4-12-24-18)21(27(16)23)19-7-5-13-26(19)17-10-8-15(9-11-17)22(28)29/h3-13,16,20-21H,2,14H2,1H3,(H,28,29)/t16-,20+,21+/m1/s1. The van der Waals surface area contributed by atoms with Gasteiger partial charge in [-0.3, -0.25) is 9.98 Å². The molecule has 2 aromatic heterocycles. The number of hydrogen-bond acceptors (Lipinski definition) is 5.